The summed E-state index contributed by atoms with van der Waals surface area (Å²) in [6.45, 7) is 2.96. The zero-order valence-electron chi connectivity index (χ0n) is 11.3. The Morgan fingerprint density at radius 2 is 2.30 bits per heavy atom. The third-order valence-corrected chi connectivity index (χ3v) is 3.41. The number of thiazole rings is 1. The minimum atomic E-state index is -0.238. The molecule has 0 atom stereocenters. The van der Waals surface area contributed by atoms with E-state index in [-0.39, 0.29) is 12.4 Å². The van der Waals surface area contributed by atoms with Crippen LogP contribution >= 0.6 is 11.3 Å². The highest BCUT2D eigenvalue weighted by Crippen LogP contribution is 2.16. The molecule has 0 aliphatic rings. The monoisotopic (exact) mass is 291 g/mol. The Labute approximate surface area is 122 Å². The van der Waals surface area contributed by atoms with Crippen LogP contribution in [0.1, 0.15) is 18.3 Å². The van der Waals surface area contributed by atoms with Crippen molar-refractivity contribution < 1.29 is 9.53 Å². The van der Waals surface area contributed by atoms with Crippen molar-refractivity contribution in [2.45, 2.75) is 19.8 Å². The SMILES string of the molecule is CCOC(=O)Cc1csc(NCCc2ccccn2)n1. The van der Waals surface area contributed by atoms with Gasteiger partial charge in [0.2, 0.25) is 0 Å². The lowest BCUT2D eigenvalue weighted by Crippen LogP contribution is -2.08. The average Bonchev–Trinajstić information content (AvgIpc) is 2.88. The van der Waals surface area contributed by atoms with Crippen LogP contribution in [0.25, 0.3) is 0 Å². The lowest BCUT2D eigenvalue weighted by atomic mass is 10.3. The van der Waals surface area contributed by atoms with E-state index in [2.05, 4.69) is 15.3 Å². The molecule has 0 spiro atoms. The summed E-state index contributed by atoms with van der Waals surface area (Å²) in [5, 5.41) is 5.93. The van der Waals surface area contributed by atoms with Gasteiger partial charge in [-0.05, 0) is 19.1 Å². The molecular formula is C14H17N3O2S. The molecule has 0 radical (unpaired) electrons. The number of nitrogens with zero attached hydrogens (tertiary/aromatic N) is 2. The number of anilines is 1. The van der Waals surface area contributed by atoms with Crippen LogP contribution in [-0.2, 0) is 22.4 Å². The van der Waals surface area contributed by atoms with Gasteiger partial charge < -0.3 is 10.1 Å². The Morgan fingerprint density at radius 3 is 3.05 bits per heavy atom. The summed E-state index contributed by atoms with van der Waals surface area (Å²) >= 11 is 1.49. The first kappa shape index (κ1) is 14.5. The first-order valence-electron chi connectivity index (χ1n) is 6.51. The molecule has 106 valence electrons. The minimum absolute atomic E-state index is 0.228. The number of ether oxygens (including phenoxy) is 1. The maximum Gasteiger partial charge on any atom is 0.311 e. The van der Waals surface area contributed by atoms with Gasteiger partial charge in [0.05, 0.1) is 18.7 Å². The zero-order chi connectivity index (χ0) is 14.2. The van der Waals surface area contributed by atoms with Crippen molar-refractivity contribution in [2.75, 3.05) is 18.5 Å². The molecule has 0 bridgehead atoms. The van der Waals surface area contributed by atoms with Crippen LogP contribution in [0.3, 0.4) is 0 Å². The van der Waals surface area contributed by atoms with E-state index in [1.54, 1.807) is 13.1 Å². The van der Waals surface area contributed by atoms with Crippen molar-refractivity contribution in [3.63, 3.8) is 0 Å². The van der Waals surface area contributed by atoms with Crippen LogP contribution in [0.2, 0.25) is 0 Å². The molecule has 0 unspecified atom stereocenters. The third kappa shape index (κ3) is 4.62. The fourth-order valence-corrected chi connectivity index (χ4v) is 2.41. The van der Waals surface area contributed by atoms with E-state index < -0.39 is 0 Å². The fourth-order valence-electron chi connectivity index (χ4n) is 1.67. The standard InChI is InChI=1S/C14H17N3O2S/c1-2-19-13(18)9-12-10-20-14(17-12)16-8-6-11-5-3-4-7-15-11/h3-5,7,10H,2,6,8-9H2,1H3,(H,16,17). The topological polar surface area (TPSA) is 64.1 Å². The molecule has 2 rings (SSSR count). The van der Waals surface area contributed by atoms with Crippen LogP contribution < -0.4 is 5.32 Å². The highest BCUT2D eigenvalue weighted by Gasteiger charge is 2.08. The number of rotatable bonds is 7. The van der Waals surface area contributed by atoms with Crippen LogP contribution in [-0.4, -0.2) is 29.1 Å². The summed E-state index contributed by atoms with van der Waals surface area (Å²) in [6.07, 6.45) is 2.86. The molecule has 0 saturated heterocycles. The molecule has 1 N–H and O–H groups in total. The molecule has 2 aromatic rings. The van der Waals surface area contributed by atoms with Crippen molar-refractivity contribution in [3.8, 4) is 0 Å². The van der Waals surface area contributed by atoms with Gasteiger partial charge in [0.1, 0.15) is 0 Å². The lowest BCUT2D eigenvalue weighted by Gasteiger charge is -2.02. The molecule has 0 amide bonds. The Hall–Kier alpha value is -1.95. The highest BCUT2D eigenvalue weighted by atomic mass is 32.1. The van der Waals surface area contributed by atoms with Gasteiger partial charge in [-0.3, -0.25) is 9.78 Å². The second-order valence-corrected chi connectivity index (χ2v) is 4.98. The number of hydrogen-bond donors (Lipinski definition) is 1. The first-order valence-corrected chi connectivity index (χ1v) is 7.39. The van der Waals surface area contributed by atoms with Gasteiger partial charge in [0, 0.05) is 30.2 Å². The summed E-state index contributed by atoms with van der Waals surface area (Å²) in [5.74, 6) is -0.238. The van der Waals surface area contributed by atoms with Crippen LogP contribution in [0.5, 0.6) is 0 Å². The average molecular weight is 291 g/mol. The Morgan fingerprint density at radius 1 is 1.40 bits per heavy atom. The van der Waals surface area contributed by atoms with E-state index in [1.165, 1.54) is 11.3 Å². The molecule has 0 saturated carbocycles. The number of aromatic nitrogens is 2. The Balaban J connectivity index is 1.77. The summed E-state index contributed by atoms with van der Waals surface area (Å²) < 4.78 is 4.89. The Kier molecular flexibility index (Phi) is 5.49. The molecule has 2 aromatic heterocycles. The first-order chi connectivity index (χ1) is 9.78. The number of nitrogens with one attached hydrogen (secondary N) is 1. The minimum Gasteiger partial charge on any atom is -0.466 e. The Bertz CT molecular complexity index is 542. The molecule has 5 nitrogen and oxygen atoms in total. The van der Waals surface area contributed by atoms with Gasteiger partial charge >= 0.3 is 5.97 Å². The van der Waals surface area contributed by atoms with Crippen LogP contribution in [0.15, 0.2) is 29.8 Å². The maximum absolute atomic E-state index is 11.3. The number of pyridine rings is 1. The fraction of sp³-hybridized carbons (Fsp3) is 0.357. The second-order valence-electron chi connectivity index (χ2n) is 4.12. The van der Waals surface area contributed by atoms with Crippen molar-refractivity contribution in [1.82, 2.24) is 9.97 Å². The smallest absolute Gasteiger partial charge is 0.311 e. The van der Waals surface area contributed by atoms with Gasteiger partial charge in [0.15, 0.2) is 5.13 Å². The quantitative estimate of drug-likeness (QED) is 0.793. The summed E-state index contributed by atoms with van der Waals surface area (Å²) in [4.78, 5) is 19.9. The predicted octanol–water partition coefficient (Wildman–Crippen LogP) is 2.30. The highest BCUT2D eigenvalue weighted by molar-refractivity contribution is 7.13. The molecule has 0 aromatic carbocycles. The van der Waals surface area contributed by atoms with E-state index in [0.29, 0.717) is 6.61 Å². The van der Waals surface area contributed by atoms with E-state index >= 15 is 0 Å². The van der Waals surface area contributed by atoms with E-state index in [9.17, 15) is 4.79 Å². The normalized spacial score (nSPS) is 10.2. The van der Waals surface area contributed by atoms with Crippen molar-refractivity contribution in [3.05, 3.63) is 41.2 Å². The third-order valence-electron chi connectivity index (χ3n) is 2.57. The molecule has 2 heterocycles. The molecule has 6 heteroatoms. The molecule has 20 heavy (non-hydrogen) atoms. The van der Waals surface area contributed by atoms with Gasteiger partial charge in [-0.1, -0.05) is 6.07 Å². The predicted molar refractivity (Wildman–Crippen MR) is 78.9 cm³/mol. The maximum atomic E-state index is 11.3. The lowest BCUT2D eigenvalue weighted by molar-refractivity contribution is -0.142. The van der Waals surface area contributed by atoms with E-state index in [0.717, 1.165) is 29.5 Å². The summed E-state index contributed by atoms with van der Waals surface area (Å²) in [5.41, 5.74) is 1.79. The van der Waals surface area contributed by atoms with Gasteiger partial charge in [0.25, 0.3) is 0 Å². The number of hydrogen-bond acceptors (Lipinski definition) is 6. The van der Waals surface area contributed by atoms with Crippen LogP contribution in [0, 0.1) is 0 Å². The van der Waals surface area contributed by atoms with Crippen LogP contribution in [0.4, 0.5) is 5.13 Å². The summed E-state index contributed by atoms with van der Waals surface area (Å²) in [7, 11) is 0. The molecule has 0 fully saturated rings. The van der Waals surface area contributed by atoms with Crippen molar-refractivity contribution in [1.29, 1.82) is 0 Å². The summed E-state index contributed by atoms with van der Waals surface area (Å²) in [6, 6.07) is 5.87. The van der Waals surface area contributed by atoms with E-state index in [1.807, 2.05) is 23.6 Å². The second kappa shape index (κ2) is 7.59. The molecule has 0 aliphatic heterocycles. The van der Waals surface area contributed by atoms with Gasteiger partial charge in [-0.15, -0.1) is 11.3 Å². The molecule has 0 aliphatic carbocycles. The van der Waals surface area contributed by atoms with Gasteiger partial charge in [-0.2, -0.15) is 0 Å². The largest absolute Gasteiger partial charge is 0.466 e. The number of carbonyl (C=O) groups excluding carboxylic acids is 1. The number of carbonyl (C=O) groups is 1. The van der Waals surface area contributed by atoms with E-state index in [4.69, 9.17) is 4.74 Å². The van der Waals surface area contributed by atoms with Gasteiger partial charge in [-0.25, -0.2) is 4.98 Å². The number of esters is 1. The van der Waals surface area contributed by atoms with Crippen molar-refractivity contribution in [2.24, 2.45) is 0 Å². The van der Waals surface area contributed by atoms with Crippen molar-refractivity contribution >= 4 is 22.4 Å². The molecular weight excluding hydrogens is 274 g/mol. The zero-order valence-corrected chi connectivity index (χ0v) is 12.2.